The molecule has 34 heavy (non-hydrogen) atoms. The Morgan fingerprint density at radius 3 is 2.59 bits per heavy atom. The van der Waals surface area contributed by atoms with E-state index in [-0.39, 0.29) is 12.3 Å². The number of amides is 1. The van der Waals surface area contributed by atoms with Gasteiger partial charge in [0.2, 0.25) is 5.91 Å². The van der Waals surface area contributed by atoms with Crippen LogP contribution < -0.4 is 10.1 Å². The summed E-state index contributed by atoms with van der Waals surface area (Å²) >= 11 is 1.62. The summed E-state index contributed by atoms with van der Waals surface area (Å²) in [6, 6.07) is 19.2. The third-order valence-electron chi connectivity index (χ3n) is 5.42. The molecule has 1 amide bonds. The van der Waals surface area contributed by atoms with Crippen molar-refractivity contribution in [1.82, 2.24) is 15.1 Å². The van der Waals surface area contributed by atoms with Gasteiger partial charge in [-0.05, 0) is 55.8 Å². The van der Waals surface area contributed by atoms with Gasteiger partial charge in [0.1, 0.15) is 28.9 Å². The third-order valence-corrected chi connectivity index (χ3v) is 6.51. The molecule has 8 heteroatoms. The molecule has 0 aliphatic carbocycles. The van der Waals surface area contributed by atoms with Crippen molar-refractivity contribution in [3.05, 3.63) is 89.4 Å². The highest BCUT2D eigenvalue weighted by Crippen LogP contribution is 2.29. The number of hydrogen-bond donors (Lipinski definition) is 1. The van der Waals surface area contributed by atoms with Crippen molar-refractivity contribution in [1.29, 1.82) is 0 Å². The fourth-order valence-electron chi connectivity index (χ4n) is 3.53. The first kappa shape index (κ1) is 21.8. The van der Waals surface area contributed by atoms with Gasteiger partial charge in [-0.3, -0.25) is 4.79 Å². The minimum Gasteiger partial charge on any atom is -0.489 e. The minimum atomic E-state index is -0.135. The van der Waals surface area contributed by atoms with Crippen molar-refractivity contribution in [2.24, 2.45) is 0 Å². The van der Waals surface area contributed by atoms with Crippen molar-refractivity contribution < 1.29 is 14.1 Å². The summed E-state index contributed by atoms with van der Waals surface area (Å²) < 4.78 is 12.1. The number of anilines is 1. The van der Waals surface area contributed by atoms with Crippen LogP contribution >= 0.6 is 11.3 Å². The van der Waals surface area contributed by atoms with Gasteiger partial charge in [-0.25, -0.2) is 9.97 Å². The molecule has 0 spiro atoms. The predicted molar refractivity (Wildman–Crippen MR) is 132 cm³/mol. The molecule has 170 valence electrons. The lowest BCUT2D eigenvalue weighted by Crippen LogP contribution is -2.15. The maximum atomic E-state index is 12.5. The number of pyridine rings is 1. The number of aryl methyl sites for hydroxylation is 2. The molecule has 3 heterocycles. The Balaban J connectivity index is 1.16. The number of carbonyl (C=O) groups is 1. The summed E-state index contributed by atoms with van der Waals surface area (Å²) in [6.45, 7) is 4.14. The van der Waals surface area contributed by atoms with Crippen LogP contribution in [0.4, 0.5) is 5.82 Å². The maximum absolute atomic E-state index is 12.5. The molecular formula is C26H22N4O3S. The number of thiazole rings is 1. The Morgan fingerprint density at radius 2 is 1.88 bits per heavy atom. The van der Waals surface area contributed by atoms with Crippen molar-refractivity contribution >= 4 is 33.3 Å². The first-order chi connectivity index (χ1) is 16.5. The molecule has 0 saturated carbocycles. The average molecular weight is 471 g/mol. The van der Waals surface area contributed by atoms with Gasteiger partial charge in [-0.1, -0.05) is 29.4 Å². The second kappa shape index (κ2) is 9.44. The lowest BCUT2D eigenvalue weighted by atomic mass is 10.1. The van der Waals surface area contributed by atoms with E-state index in [9.17, 15) is 4.79 Å². The number of nitrogens with zero attached hydrogens (tertiary/aromatic N) is 3. The zero-order chi connectivity index (χ0) is 23.5. The van der Waals surface area contributed by atoms with Gasteiger partial charge >= 0.3 is 0 Å². The number of fused-ring (bicyclic) bond motifs is 1. The third kappa shape index (κ3) is 4.82. The summed E-state index contributed by atoms with van der Waals surface area (Å²) in [5, 5.41) is 7.69. The smallest absolute Gasteiger partial charge is 0.229 e. The zero-order valence-electron chi connectivity index (χ0n) is 18.7. The maximum Gasteiger partial charge on any atom is 0.229 e. The normalized spacial score (nSPS) is 11.0. The van der Waals surface area contributed by atoms with Gasteiger partial charge in [0.25, 0.3) is 0 Å². The van der Waals surface area contributed by atoms with Gasteiger partial charge in [-0.2, -0.15) is 0 Å². The number of benzene rings is 2. The lowest BCUT2D eigenvalue weighted by Gasteiger charge is -2.08. The molecule has 7 nitrogen and oxygen atoms in total. The van der Waals surface area contributed by atoms with Crippen LogP contribution in [0.15, 0.2) is 71.4 Å². The molecule has 0 radical (unpaired) electrons. The molecule has 0 atom stereocenters. The molecule has 5 rings (SSSR count). The standard InChI is InChI=1S/C26H22N4O3S/c1-16-21(17(2)33-30-16)15-32-20-10-7-18(8-11-20)13-25(31)29-24-12-9-19(14-27-24)26-28-22-5-3-4-6-23(22)34-26/h3-12,14H,13,15H2,1-2H3,(H,27,29,31). The molecular weight excluding hydrogens is 448 g/mol. The van der Waals surface area contributed by atoms with E-state index >= 15 is 0 Å². The molecule has 0 saturated heterocycles. The molecule has 2 aromatic carbocycles. The largest absolute Gasteiger partial charge is 0.489 e. The van der Waals surface area contributed by atoms with Crippen molar-refractivity contribution in [3.63, 3.8) is 0 Å². The molecule has 0 bridgehead atoms. The Labute approximate surface area is 200 Å². The number of ether oxygens (including phenoxy) is 1. The fraction of sp³-hybridized carbons (Fsp3) is 0.154. The quantitative estimate of drug-likeness (QED) is 0.327. The van der Waals surface area contributed by atoms with E-state index in [0.717, 1.165) is 49.1 Å². The van der Waals surface area contributed by atoms with Gasteiger partial charge in [-0.15, -0.1) is 11.3 Å². The molecule has 3 aromatic heterocycles. The Morgan fingerprint density at radius 1 is 1.06 bits per heavy atom. The second-order valence-electron chi connectivity index (χ2n) is 7.88. The summed E-state index contributed by atoms with van der Waals surface area (Å²) in [4.78, 5) is 21.5. The van der Waals surface area contributed by atoms with Gasteiger partial charge < -0.3 is 14.6 Å². The Kier molecular flexibility index (Phi) is 6.05. The number of para-hydroxylation sites is 1. The highest BCUT2D eigenvalue weighted by Gasteiger charge is 2.11. The van der Waals surface area contributed by atoms with Crippen LogP contribution in [0.3, 0.4) is 0 Å². The van der Waals surface area contributed by atoms with E-state index in [0.29, 0.717) is 12.4 Å². The van der Waals surface area contributed by atoms with Crippen molar-refractivity contribution in [2.45, 2.75) is 26.9 Å². The number of nitrogens with one attached hydrogen (secondary N) is 1. The average Bonchev–Trinajstić information content (AvgIpc) is 3.42. The van der Waals surface area contributed by atoms with Crippen LogP contribution in [-0.4, -0.2) is 21.0 Å². The monoisotopic (exact) mass is 470 g/mol. The van der Waals surface area contributed by atoms with Crippen LogP contribution in [0.5, 0.6) is 5.75 Å². The zero-order valence-corrected chi connectivity index (χ0v) is 19.6. The van der Waals surface area contributed by atoms with Crippen LogP contribution in [-0.2, 0) is 17.8 Å². The van der Waals surface area contributed by atoms with Crippen LogP contribution in [0.1, 0.15) is 22.6 Å². The van der Waals surface area contributed by atoms with E-state index in [1.54, 1.807) is 23.6 Å². The number of hydrogen-bond acceptors (Lipinski definition) is 7. The second-order valence-corrected chi connectivity index (χ2v) is 8.91. The summed E-state index contributed by atoms with van der Waals surface area (Å²) in [5.74, 6) is 1.85. The fourth-order valence-corrected chi connectivity index (χ4v) is 4.49. The first-order valence-corrected chi connectivity index (χ1v) is 11.6. The topological polar surface area (TPSA) is 90.1 Å². The SMILES string of the molecule is Cc1noc(C)c1COc1ccc(CC(=O)Nc2ccc(-c3nc4ccccc4s3)cn2)cc1. The predicted octanol–water partition coefficient (Wildman–Crippen LogP) is 5.72. The highest BCUT2D eigenvalue weighted by molar-refractivity contribution is 7.21. The van der Waals surface area contributed by atoms with Crippen molar-refractivity contribution in [3.8, 4) is 16.3 Å². The Hall–Kier alpha value is -4.04. The van der Waals surface area contributed by atoms with E-state index in [1.165, 1.54) is 0 Å². The van der Waals surface area contributed by atoms with E-state index in [2.05, 4.69) is 26.5 Å². The van der Waals surface area contributed by atoms with Gasteiger partial charge in [0.15, 0.2) is 0 Å². The number of aromatic nitrogens is 3. The van der Waals surface area contributed by atoms with E-state index < -0.39 is 0 Å². The summed E-state index contributed by atoms with van der Waals surface area (Å²) in [6.07, 6.45) is 1.98. The Bertz CT molecular complexity index is 1390. The molecule has 0 aliphatic rings. The molecule has 0 unspecified atom stereocenters. The molecule has 0 aliphatic heterocycles. The lowest BCUT2D eigenvalue weighted by molar-refractivity contribution is -0.115. The van der Waals surface area contributed by atoms with E-state index in [4.69, 9.17) is 9.26 Å². The van der Waals surface area contributed by atoms with Crippen LogP contribution in [0, 0.1) is 13.8 Å². The van der Waals surface area contributed by atoms with E-state index in [1.807, 2.05) is 62.4 Å². The first-order valence-electron chi connectivity index (χ1n) is 10.8. The minimum absolute atomic E-state index is 0.135. The van der Waals surface area contributed by atoms with Gasteiger partial charge in [0, 0.05) is 11.8 Å². The van der Waals surface area contributed by atoms with Crippen molar-refractivity contribution in [2.75, 3.05) is 5.32 Å². The highest BCUT2D eigenvalue weighted by atomic mass is 32.1. The molecule has 1 N–H and O–H groups in total. The van der Waals surface area contributed by atoms with Crippen LogP contribution in [0.25, 0.3) is 20.8 Å². The molecule has 0 fully saturated rings. The summed E-state index contributed by atoms with van der Waals surface area (Å²) in [7, 11) is 0. The number of carbonyl (C=O) groups excluding carboxylic acids is 1. The van der Waals surface area contributed by atoms with Gasteiger partial charge in [0.05, 0.1) is 27.9 Å². The number of rotatable bonds is 7. The summed E-state index contributed by atoms with van der Waals surface area (Å²) in [5.41, 5.74) is 4.55. The van der Waals surface area contributed by atoms with Crippen LogP contribution in [0.2, 0.25) is 0 Å². The molecule has 5 aromatic rings.